The highest BCUT2D eigenvalue weighted by Crippen LogP contribution is 2.22. The van der Waals surface area contributed by atoms with Crippen molar-refractivity contribution in [2.75, 3.05) is 13.2 Å². The first-order valence-corrected chi connectivity index (χ1v) is 10.3. The molecule has 7 nitrogen and oxygen atoms in total. The van der Waals surface area contributed by atoms with Crippen LogP contribution in [0.25, 0.3) is 0 Å². The lowest BCUT2D eigenvalue weighted by molar-refractivity contribution is -0.140. The molecule has 1 heterocycles. The number of carbonyl (C=O) groups excluding carboxylic acids is 2. The molecule has 26 heavy (non-hydrogen) atoms. The summed E-state index contributed by atoms with van der Waals surface area (Å²) in [5, 5.41) is 0. The second kappa shape index (κ2) is 8.64. The van der Waals surface area contributed by atoms with E-state index in [1.807, 2.05) is 13.8 Å². The predicted molar refractivity (Wildman–Crippen MR) is 97.2 cm³/mol. The second-order valence-electron chi connectivity index (χ2n) is 6.54. The van der Waals surface area contributed by atoms with Gasteiger partial charge in [-0.25, -0.2) is 17.9 Å². The van der Waals surface area contributed by atoms with Crippen LogP contribution in [-0.2, 0) is 19.6 Å². The van der Waals surface area contributed by atoms with E-state index in [0.717, 1.165) is 19.3 Å². The number of likely N-dealkylation sites (tertiary alicyclic amines) is 1. The highest BCUT2D eigenvalue weighted by Gasteiger charge is 2.29. The summed E-state index contributed by atoms with van der Waals surface area (Å²) in [7, 11) is -3.66. The number of esters is 1. The van der Waals surface area contributed by atoms with Crippen LogP contribution in [0.5, 0.6) is 0 Å². The van der Waals surface area contributed by atoms with E-state index in [1.165, 1.54) is 24.3 Å². The van der Waals surface area contributed by atoms with Gasteiger partial charge in [0, 0.05) is 18.6 Å². The zero-order valence-electron chi connectivity index (χ0n) is 15.4. The summed E-state index contributed by atoms with van der Waals surface area (Å²) in [5.74, 6) is -0.946. The Labute approximate surface area is 154 Å². The molecule has 1 aromatic carbocycles. The minimum atomic E-state index is -3.66. The monoisotopic (exact) mass is 382 g/mol. The highest BCUT2D eigenvalue weighted by atomic mass is 32.2. The van der Waals surface area contributed by atoms with Crippen LogP contribution in [0.1, 0.15) is 50.4 Å². The third-order valence-corrected chi connectivity index (χ3v) is 6.07. The summed E-state index contributed by atoms with van der Waals surface area (Å²) in [6, 6.07) is 5.83. The van der Waals surface area contributed by atoms with Crippen LogP contribution in [0.4, 0.5) is 0 Å². The van der Waals surface area contributed by atoms with Gasteiger partial charge in [-0.05, 0) is 51.3 Å². The number of rotatable bonds is 6. The maximum atomic E-state index is 12.4. The lowest BCUT2D eigenvalue weighted by Crippen LogP contribution is -2.49. The average molecular weight is 382 g/mol. The summed E-state index contributed by atoms with van der Waals surface area (Å²) >= 11 is 0. The number of amides is 1. The Balaban J connectivity index is 2.03. The first-order chi connectivity index (χ1) is 12.3. The molecular weight excluding hydrogens is 356 g/mol. The quantitative estimate of drug-likeness (QED) is 0.759. The Morgan fingerprint density at radius 1 is 1.23 bits per heavy atom. The fourth-order valence-corrected chi connectivity index (χ4v) is 4.35. The number of sulfonamides is 1. The van der Waals surface area contributed by atoms with E-state index in [9.17, 15) is 18.0 Å². The third kappa shape index (κ3) is 4.82. The van der Waals surface area contributed by atoms with Crippen molar-refractivity contribution in [1.29, 1.82) is 0 Å². The molecule has 2 rings (SSSR count). The van der Waals surface area contributed by atoms with Crippen LogP contribution in [0.2, 0.25) is 0 Å². The largest absolute Gasteiger partial charge is 0.452 e. The van der Waals surface area contributed by atoms with Crippen molar-refractivity contribution in [1.82, 2.24) is 9.62 Å². The maximum Gasteiger partial charge on any atom is 0.338 e. The van der Waals surface area contributed by atoms with Crippen LogP contribution in [0.3, 0.4) is 0 Å². The summed E-state index contributed by atoms with van der Waals surface area (Å²) in [4.78, 5) is 26.4. The molecule has 0 radical (unpaired) electrons. The van der Waals surface area contributed by atoms with E-state index < -0.39 is 16.0 Å². The first kappa shape index (κ1) is 20.4. The summed E-state index contributed by atoms with van der Waals surface area (Å²) < 4.78 is 31.5. The number of carbonyl (C=O) groups is 2. The normalized spacial score (nSPS) is 20.7. The fourth-order valence-electron chi connectivity index (χ4n) is 3.26. The Hall–Kier alpha value is -1.93. The van der Waals surface area contributed by atoms with Crippen LogP contribution in [-0.4, -0.2) is 50.4 Å². The van der Waals surface area contributed by atoms with Gasteiger partial charge in [0.2, 0.25) is 10.0 Å². The van der Waals surface area contributed by atoms with Crippen molar-refractivity contribution in [2.24, 2.45) is 0 Å². The number of benzene rings is 1. The molecule has 0 aromatic heterocycles. The van der Waals surface area contributed by atoms with Crippen molar-refractivity contribution in [3.8, 4) is 0 Å². The molecule has 1 N–H and O–H groups in total. The topological polar surface area (TPSA) is 92.8 Å². The molecule has 0 spiro atoms. The summed E-state index contributed by atoms with van der Waals surface area (Å²) in [6.07, 6.45) is 2.96. The molecule has 0 aliphatic carbocycles. The lowest BCUT2D eigenvalue weighted by atomic mass is 9.97. The van der Waals surface area contributed by atoms with Gasteiger partial charge in [0.05, 0.1) is 10.5 Å². The molecule has 2 unspecified atom stereocenters. The van der Waals surface area contributed by atoms with Gasteiger partial charge < -0.3 is 9.64 Å². The SMILES string of the molecule is CCNS(=O)(=O)c1cccc(C(=O)OCC(=O)N2C(C)CCCC2C)c1. The predicted octanol–water partition coefficient (Wildman–Crippen LogP) is 1.93. The van der Waals surface area contributed by atoms with Crippen molar-refractivity contribution < 1.29 is 22.7 Å². The summed E-state index contributed by atoms with van der Waals surface area (Å²) in [6.45, 7) is 5.55. The molecule has 1 aliphatic rings. The van der Waals surface area contributed by atoms with Gasteiger partial charge in [0.15, 0.2) is 6.61 Å². The van der Waals surface area contributed by atoms with Crippen molar-refractivity contribution >= 4 is 21.9 Å². The molecule has 0 saturated carbocycles. The molecule has 1 aliphatic heterocycles. The highest BCUT2D eigenvalue weighted by molar-refractivity contribution is 7.89. The van der Waals surface area contributed by atoms with Gasteiger partial charge >= 0.3 is 5.97 Å². The molecule has 144 valence electrons. The second-order valence-corrected chi connectivity index (χ2v) is 8.30. The van der Waals surface area contributed by atoms with Gasteiger partial charge in [0.25, 0.3) is 5.91 Å². The number of hydrogen-bond donors (Lipinski definition) is 1. The average Bonchev–Trinajstić information content (AvgIpc) is 2.59. The van der Waals surface area contributed by atoms with Crippen molar-refractivity contribution in [3.05, 3.63) is 29.8 Å². The van der Waals surface area contributed by atoms with Crippen molar-refractivity contribution in [2.45, 2.75) is 57.0 Å². The van der Waals surface area contributed by atoms with Gasteiger partial charge in [-0.2, -0.15) is 0 Å². The molecule has 2 atom stereocenters. The van der Waals surface area contributed by atoms with Gasteiger partial charge in [0.1, 0.15) is 0 Å². The van der Waals surface area contributed by atoms with E-state index in [-0.39, 0.29) is 41.6 Å². The number of nitrogens with zero attached hydrogens (tertiary/aromatic N) is 1. The number of hydrogen-bond acceptors (Lipinski definition) is 5. The van der Waals surface area contributed by atoms with Crippen LogP contribution in [0.15, 0.2) is 29.2 Å². The Morgan fingerprint density at radius 3 is 2.50 bits per heavy atom. The first-order valence-electron chi connectivity index (χ1n) is 8.84. The van der Waals surface area contributed by atoms with E-state index in [0.29, 0.717) is 0 Å². The van der Waals surface area contributed by atoms with E-state index in [1.54, 1.807) is 11.8 Å². The van der Waals surface area contributed by atoms with Gasteiger partial charge in [-0.1, -0.05) is 13.0 Å². The number of ether oxygens (including phenoxy) is 1. The summed E-state index contributed by atoms with van der Waals surface area (Å²) in [5.41, 5.74) is 0.0940. The molecule has 1 saturated heterocycles. The third-order valence-electron chi connectivity index (χ3n) is 4.52. The molecule has 1 amide bonds. The van der Waals surface area contributed by atoms with E-state index in [4.69, 9.17) is 4.74 Å². The smallest absolute Gasteiger partial charge is 0.338 e. The zero-order chi connectivity index (χ0) is 19.3. The zero-order valence-corrected chi connectivity index (χ0v) is 16.2. The number of nitrogens with one attached hydrogen (secondary N) is 1. The molecule has 0 bridgehead atoms. The van der Waals surface area contributed by atoms with E-state index >= 15 is 0 Å². The van der Waals surface area contributed by atoms with Crippen LogP contribution in [0, 0.1) is 0 Å². The standard InChI is InChI=1S/C18H26N2O5S/c1-4-19-26(23,24)16-10-6-9-15(11-16)18(22)25-12-17(21)20-13(2)7-5-8-14(20)3/h6,9-11,13-14,19H,4-5,7-8,12H2,1-3H3. The van der Waals surface area contributed by atoms with Gasteiger partial charge in [-0.15, -0.1) is 0 Å². The molecule has 1 fully saturated rings. The van der Waals surface area contributed by atoms with Gasteiger partial charge in [-0.3, -0.25) is 4.79 Å². The van der Waals surface area contributed by atoms with Crippen molar-refractivity contribution in [3.63, 3.8) is 0 Å². The minimum Gasteiger partial charge on any atom is -0.452 e. The Kier molecular flexibility index (Phi) is 6.77. The van der Waals surface area contributed by atoms with E-state index in [2.05, 4.69) is 4.72 Å². The van der Waals surface area contributed by atoms with Crippen LogP contribution >= 0.6 is 0 Å². The van der Waals surface area contributed by atoms with Crippen LogP contribution < -0.4 is 4.72 Å². The minimum absolute atomic E-state index is 0.0154. The molecule has 1 aromatic rings. The molecular formula is C18H26N2O5S. The lowest BCUT2D eigenvalue weighted by Gasteiger charge is -2.38. The Bertz CT molecular complexity index is 753. The molecule has 8 heteroatoms. The maximum absolute atomic E-state index is 12.4. The fraction of sp³-hybridized carbons (Fsp3) is 0.556. The Morgan fingerprint density at radius 2 is 1.88 bits per heavy atom. The number of piperidine rings is 1.